The number of halogens is 2. The van der Waals surface area contributed by atoms with Gasteiger partial charge in [-0.25, -0.2) is 4.39 Å². The largest absolute Gasteiger partial charge is 0.450 e. The summed E-state index contributed by atoms with van der Waals surface area (Å²) in [6.07, 6.45) is 0. The van der Waals surface area contributed by atoms with E-state index in [1.54, 1.807) is 47.4 Å². The van der Waals surface area contributed by atoms with Crippen LogP contribution in [-0.4, -0.2) is 10.8 Å². The Kier molecular flexibility index (Phi) is 4.86. The van der Waals surface area contributed by atoms with Crippen molar-refractivity contribution < 1.29 is 13.6 Å². The van der Waals surface area contributed by atoms with Gasteiger partial charge in [0, 0.05) is 11.6 Å². The van der Waals surface area contributed by atoms with Crippen molar-refractivity contribution >= 4 is 28.5 Å². The van der Waals surface area contributed by atoms with Gasteiger partial charge in [0.15, 0.2) is 5.43 Å². The number of rotatable bonds is 3. The highest BCUT2D eigenvalue weighted by Gasteiger charge is 2.42. The van der Waals surface area contributed by atoms with E-state index in [4.69, 9.17) is 16.0 Å². The van der Waals surface area contributed by atoms with Gasteiger partial charge in [0.05, 0.1) is 17.0 Å². The normalized spacial score (nSPS) is 15.4. The third kappa shape index (κ3) is 3.30. The standard InChI is InChI=1S/C26H19ClFNO3/c1-14-11-20-21(12-15(14)2)32-25-22(24(20)30)23(17-5-7-18(27)8-6-17)29(26(25)31)13-16-3-9-19(28)10-4-16/h3-12,23H,13H2,1-2H3/t23-/m1/s1. The van der Waals surface area contributed by atoms with Gasteiger partial charge in [0.2, 0.25) is 5.76 Å². The van der Waals surface area contributed by atoms with Crippen molar-refractivity contribution in [1.29, 1.82) is 0 Å². The lowest BCUT2D eigenvalue weighted by Gasteiger charge is -2.25. The smallest absolute Gasteiger partial charge is 0.291 e. The molecule has 32 heavy (non-hydrogen) atoms. The molecule has 6 heteroatoms. The molecule has 5 rings (SSSR count). The molecule has 0 spiro atoms. The summed E-state index contributed by atoms with van der Waals surface area (Å²) in [5, 5.41) is 1.00. The van der Waals surface area contributed by atoms with Crippen molar-refractivity contribution in [1.82, 2.24) is 4.90 Å². The van der Waals surface area contributed by atoms with Crippen LogP contribution in [0.1, 0.15) is 44.4 Å². The molecule has 1 atom stereocenters. The topological polar surface area (TPSA) is 50.5 Å². The number of carbonyl (C=O) groups excluding carboxylic acids is 1. The molecule has 0 saturated carbocycles. The first kappa shape index (κ1) is 20.5. The van der Waals surface area contributed by atoms with Crippen molar-refractivity contribution in [3.63, 3.8) is 0 Å². The summed E-state index contributed by atoms with van der Waals surface area (Å²) in [7, 11) is 0. The van der Waals surface area contributed by atoms with Crippen molar-refractivity contribution in [3.8, 4) is 0 Å². The van der Waals surface area contributed by atoms with Crippen LogP contribution in [0.3, 0.4) is 0 Å². The molecule has 3 aromatic carbocycles. The van der Waals surface area contributed by atoms with Crippen molar-refractivity contribution in [3.05, 3.63) is 115 Å². The Bertz CT molecular complexity index is 1430. The number of nitrogens with zero attached hydrogens (tertiary/aromatic N) is 1. The van der Waals surface area contributed by atoms with Crippen LogP contribution in [0.25, 0.3) is 11.0 Å². The van der Waals surface area contributed by atoms with E-state index in [1.807, 2.05) is 19.9 Å². The molecule has 0 fully saturated rings. The Morgan fingerprint density at radius 3 is 2.31 bits per heavy atom. The quantitative estimate of drug-likeness (QED) is 0.390. The van der Waals surface area contributed by atoms with Gasteiger partial charge in [-0.1, -0.05) is 35.9 Å². The molecule has 0 saturated heterocycles. The van der Waals surface area contributed by atoms with E-state index in [2.05, 4.69) is 0 Å². The molecule has 0 N–H and O–H groups in total. The molecule has 0 bridgehead atoms. The summed E-state index contributed by atoms with van der Waals surface area (Å²) in [6, 6.07) is 16.0. The van der Waals surface area contributed by atoms with Gasteiger partial charge in [-0.15, -0.1) is 0 Å². The first-order chi connectivity index (χ1) is 15.3. The van der Waals surface area contributed by atoms with Crippen LogP contribution in [0, 0.1) is 19.7 Å². The van der Waals surface area contributed by atoms with E-state index in [0.29, 0.717) is 21.6 Å². The lowest BCUT2D eigenvalue weighted by atomic mass is 9.97. The minimum Gasteiger partial charge on any atom is -0.450 e. The van der Waals surface area contributed by atoms with Gasteiger partial charge in [-0.05, 0) is 72.5 Å². The van der Waals surface area contributed by atoms with Crippen molar-refractivity contribution in [2.75, 3.05) is 0 Å². The maximum absolute atomic E-state index is 13.6. The Morgan fingerprint density at radius 1 is 0.969 bits per heavy atom. The molecule has 1 aliphatic rings. The maximum Gasteiger partial charge on any atom is 0.291 e. The average molecular weight is 448 g/mol. The third-order valence-electron chi connectivity index (χ3n) is 6.03. The van der Waals surface area contributed by atoms with Crippen LogP contribution in [-0.2, 0) is 6.54 Å². The summed E-state index contributed by atoms with van der Waals surface area (Å²) in [4.78, 5) is 28.7. The van der Waals surface area contributed by atoms with E-state index in [1.165, 1.54) is 12.1 Å². The molecule has 0 radical (unpaired) electrons. The Labute approximate surface area is 188 Å². The molecular weight excluding hydrogens is 429 g/mol. The molecule has 0 unspecified atom stereocenters. The lowest BCUT2D eigenvalue weighted by molar-refractivity contribution is 0.0714. The zero-order chi connectivity index (χ0) is 22.6. The molecule has 4 aromatic rings. The lowest BCUT2D eigenvalue weighted by Crippen LogP contribution is -2.29. The van der Waals surface area contributed by atoms with E-state index in [0.717, 1.165) is 22.3 Å². The highest BCUT2D eigenvalue weighted by Crippen LogP contribution is 2.39. The van der Waals surface area contributed by atoms with Crippen molar-refractivity contribution in [2.45, 2.75) is 26.4 Å². The molecule has 1 aromatic heterocycles. The first-order valence-electron chi connectivity index (χ1n) is 10.2. The van der Waals surface area contributed by atoms with Crippen molar-refractivity contribution in [2.24, 2.45) is 0 Å². The van der Waals surface area contributed by atoms with Gasteiger partial charge >= 0.3 is 0 Å². The second-order valence-electron chi connectivity index (χ2n) is 8.12. The Balaban J connectivity index is 1.73. The number of carbonyl (C=O) groups is 1. The second-order valence-corrected chi connectivity index (χ2v) is 8.56. The van der Waals surface area contributed by atoms with Crippen LogP contribution in [0.15, 0.2) is 69.9 Å². The fraction of sp³-hybridized carbons (Fsp3) is 0.154. The van der Waals surface area contributed by atoms with Crippen LogP contribution < -0.4 is 5.43 Å². The predicted octanol–water partition coefficient (Wildman–Crippen LogP) is 5.95. The van der Waals surface area contributed by atoms with Gasteiger partial charge in [-0.3, -0.25) is 9.59 Å². The molecule has 1 aliphatic heterocycles. The van der Waals surface area contributed by atoms with Crippen LogP contribution in [0.2, 0.25) is 5.02 Å². The summed E-state index contributed by atoms with van der Waals surface area (Å²) >= 11 is 6.07. The molecule has 0 aliphatic carbocycles. The zero-order valence-electron chi connectivity index (χ0n) is 17.5. The minimum absolute atomic E-state index is 0.0489. The summed E-state index contributed by atoms with van der Waals surface area (Å²) in [6.45, 7) is 4.07. The minimum atomic E-state index is -0.637. The van der Waals surface area contributed by atoms with Crippen LogP contribution in [0.5, 0.6) is 0 Å². The predicted molar refractivity (Wildman–Crippen MR) is 122 cm³/mol. The summed E-state index contributed by atoms with van der Waals surface area (Å²) in [5.41, 5.74) is 3.93. The van der Waals surface area contributed by atoms with Crippen LogP contribution in [0.4, 0.5) is 4.39 Å². The highest BCUT2D eigenvalue weighted by molar-refractivity contribution is 6.30. The van der Waals surface area contributed by atoms with Crippen LogP contribution >= 0.6 is 11.6 Å². The summed E-state index contributed by atoms with van der Waals surface area (Å²) < 4.78 is 19.4. The Morgan fingerprint density at radius 2 is 1.62 bits per heavy atom. The Hall–Kier alpha value is -3.44. The monoisotopic (exact) mass is 447 g/mol. The molecule has 1 amide bonds. The van der Waals surface area contributed by atoms with E-state index in [9.17, 15) is 14.0 Å². The molecule has 4 nitrogen and oxygen atoms in total. The number of aryl methyl sites for hydroxylation is 2. The maximum atomic E-state index is 13.6. The number of benzene rings is 3. The van der Waals surface area contributed by atoms with Gasteiger partial charge in [0.25, 0.3) is 5.91 Å². The van der Waals surface area contributed by atoms with Gasteiger partial charge in [0.1, 0.15) is 11.4 Å². The van der Waals surface area contributed by atoms with E-state index < -0.39 is 6.04 Å². The van der Waals surface area contributed by atoms with Gasteiger partial charge in [-0.2, -0.15) is 0 Å². The first-order valence-corrected chi connectivity index (χ1v) is 10.6. The number of amides is 1. The second kappa shape index (κ2) is 7.61. The number of fused-ring (bicyclic) bond motifs is 2. The number of hydrogen-bond acceptors (Lipinski definition) is 3. The van der Waals surface area contributed by atoms with E-state index >= 15 is 0 Å². The third-order valence-corrected chi connectivity index (χ3v) is 6.29. The zero-order valence-corrected chi connectivity index (χ0v) is 18.2. The highest BCUT2D eigenvalue weighted by atomic mass is 35.5. The molecule has 2 heterocycles. The fourth-order valence-corrected chi connectivity index (χ4v) is 4.34. The summed E-state index contributed by atoms with van der Waals surface area (Å²) in [5.74, 6) is -0.679. The molecule has 160 valence electrons. The SMILES string of the molecule is Cc1cc2oc3c(c(=O)c2cc1C)[C@@H](c1ccc(Cl)cc1)N(Cc1ccc(F)cc1)C3=O. The number of hydrogen-bond donors (Lipinski definition) is 0. The fourth-order valence-electron chi connectivity index (χ4n) is 4.22. The van der Waals surface area contributed by atoms with Gasteiger partial charge < -0.3 is 9.32 Å². The van der Waals surface area contributed by atoms with E-state index in [-0.39, 0.29) is 29.5 Å². The average Bonchev–Trinajstić information content (AvgIpc) is 3.04. The molecular formula is C26H19ClFNO3.